The van der Waals surface area contributed by atoms with Crippen LogP contribution < -0.4 is 0 Å². The second-order valence-corrected chi connectivity index (χ2v) is 7.02. The van der Waals surface area contributed by atoms with Crippen LogP contribution >= 0.6 is 0 Å². The minimum atomic E-state index is 0.00973. The summed E-state index contributed by atoms with van der Waals surface area (Å²) in [7, 11) is 0. The molecule has 0 aromatic rings. The maximum absolute atomic E-state index is 11.0. The molecule has 0 saturated carbocycles. The summed E-state index contributed by atoms with van der Waals surface area (Å²) in [5, 5.41) is 0. The first kappa shape index (κ1) is 21.5. The van der Waals surface area contributed by atoms with Gasteiger partial charge in [-0.15, -0.1) is 0 Å². The summed E-state index contributed by atoms with van der Waals surface area (Å²) in [6, 6.07) is 0. The van der Waals surface area contributed by atoms with Gasteiger partial charge < -0.3 is 0 Å². The summed E-state index contributed by atoms with van der Waals surface area (Å²) in [5.41, 5.74) is 0. The number of hydrogen-bond acceptors (Lipinski definition) is 2. The Morgan fingerprint density at radius 2 is 1.00 bits per heavy atom. The van der Waals surface area contributed by atoms with Crippen LogP contribution in [0.1, 0.15) is 110 Å². The van der Waals surface area contributed by atoms with Crippen LogP contribution in [0.15, 0.2) is 0 Å². The van der Waals surface area contributed by atoms with Crippen molar-refractivity contribution in [3.05, 3.63) is 0 Å². The van der Waals surface area contributed by atoms with E-state index in [1.165, 1.54) is 89.9 Å². The second-order valence-electron chi connectivity index (χ2n) is 6.17. The van der Waals surface area contributed by atoms with E-state index in [-0.39, 0.29) is 5.97 Å². The Balaban J connectivity index is 2.98. The summed E-state index contributed by atoms with van der Waals surface area (Å²) in [6.45, 7) is 2.28. The van der Waals surface area contributed by atoms with Crippen LogP contribution in [0.5, 0.6) is 0 Å². The molecule has 0 radical (unpaired) electrons. The average molecular weight is 522 g/mol. The van der Waals surface area contributed by atoms with E-state index in [1.54, 1.807) is 0 Å². The molecule has 3 heteroatoms. The minimum absolute atomic E-state index is 0.00973. The molecule has 0 heterocycles. The molecular weight excluding hydrogens is 486 g/mol. The van der Waals surface area contributed by atoms with Crippen molar-refractivity contribution in [3.8, 4) is 0 Å². The van der Waals surface area contributed by atoms with Crippen LogP contribution in [0.3, 0.4) is 0 Å². The van der Waals surface area contributed by atoms with E-state index in [0.29, 0.717) is 36.3 Å². The number of hydrogen-bond donors (Lipinski definition) is 0. The number of rotatable bonds is 16. The van der Waals surface area contributed by atoms with Gasteiger partial charge in [0.25, 0.3) is 0 Å². The Bertz CT molecular complexity index is 219. The molecular formula is C18H35O2U. The first-order chi connectivity index (χ1) is 10.3. The Labute approximate surface area is 152 Å². The van der Waals surface area contributed by atoms with E-state index in [9.17, 15) is 4.79 Å². The van der Waals surface area contributed by atoms with Crippen molar-refractivity contribution in [1.82, 2.24) is 0 Å². The first-order valence-electron chi connectivity index (χ1n) is 9.17. The molecule has 0 aromatic carbocycles. The number of unbranched alkanes of at least 4 members (excludes halogenated alkanes) is 14. The molecule has 0 atom stereocenters. The SMILES string of the molecule is CCCCCCCCCCCCCCCCCC(=O)[O][U]. The predicted molar refractivity (Wildman–Crippen MR) is 85.6 cm³/mol. The quantitative estimate of drug-likeness (QED) is 0.224. The molecule has 0 rings (SSSR count). The van der Waals surface area contributed by atoms with Gasteiger partial charge in [-0.25, -0.2) is 0 Å². The van der Waals surface area contributed by atoms with Crippen LogP contribution in [-0.4, -0.2) is 5.97 Å². The molecule has 0 bridgehead atoms. The van der Waals surface area contributed by atoms with Gasteiger partial charge in [0.1, 0.15) is 0 Å². The molecule has 0 aliphatic heterocycles. The summed E-state index contributed by atoms with van der Waals surface area (Å²) >= 11 is 0.349. The molecule has 0 spiro atoms. The van der Waals surface area contributed by atoms with Crippen LogP contribution in [0.4, 0.5) is 0 Å². The van der Waals surface area contributed by atoms with Gasteiger partial charge in [-0.1, -0.05) is 45.4 Å². The van der Waals surface area contributed by atoms with Gasteiger partial charge in [-0.05, 0) is 0 Å². The van der Waals surface area contributed by atoms with Crippen LogP contribution in [0.25, 0.3) is 0 Å². The van der Waals surface area contributed by atoms with Gasteiger partial charge in [0.2, 0.25) is 0 Å². The summed E-state index contributed by atoms with van der Waals surface area (Å²) in [5.74, 6) is 0.00973. The molecule has 0 aliphatic rings. The van der Waals surface area contributed by atoms with Gasteiger partial charge in [0.15, 0.2) is 0 Å². The molecule has 0 aromatic heterocycles. The normalized spacial score (nSPS) is 10.8. The van der Waals surface area contributed by atoms with E-state index < -0.39 is 0 Å². The fourth-order valence-electron chi connectivity index (χ4n) is 2.69. The Morgan fingerprint density at radius 1 is 0.667 bits per heavy atom. The van der Waals surface area contributed by atoms with Gasteiger partial charge in [0, 0.05) is 0 Å². The zero-order chi connectivity index (χ0) is 15.6. The van der Waals surface area contributed by atoms with Gasteiger partial charge in [0.05, 0.1) is 0 Å². The summed E-state index contributed by atoms with van der Waals surface area (Å²) in [6.07, 6.45) is 21.1. The Morgan fingerprint density at radius 3 is 1.33 bits per heavy atom. The molecule has 21 heavy (non-hydrogen) atoms. The van der Waals surface area contributed by atoms with Crippen molar-refractivity contribution in [2.24, 2.45) is 0 Å². The summed E-state index contributed by atoms with van der Waals surface area (Å²) < 4.78 is 4.80. The van der Waals surface area contributed by atoms with Gasteiger partial charge in [-0.2, -0.15) is 0 Å². The fraction of sp³-hybridized carbons (Fsp3) is 0.944. The first-order valence-corrected chi connectivity index (χ1v) is 10.9. The summed E-state index contributed by atoms with van der Waals surface area (Å²) in [4.78, 5) is 11.0. The topological polar surface area (TPSA) is 26.3 Å². The van der Waals surface area contributed by atoms with E-state index in [4.69, 9.17) is 2.24 Å². The van der Waals surface area contributed by atoms with Crippen molar-refractivity contribution in [1.29, 1.82) is 0 Å². The maximum atomic E-state index is 11.0. The van der Waals surface area contributed by atoms with E-state index in [2.05, 4.69) is 6.92 Å². The van der Waals surface area contributed by atoms with Crippen molar-refractivity contribution in [2.45, 2.75) is 110 Å². The third kappa shape index (κ3) is 18.5. The van der Waals surface area contributed by atoms with E-state index in [0.717, 1.165) is 6.42 Å². The van der Waals surface area contributed by atoms with Crippen LogP contribution in [-0.2, 0) is 7.04 Å². The fourth-order valence-corrected chi connectivity index (χ4v) is 3.12. The Hall–Kier alpha value is 0.522. The number of carbonyl (C=O) groups excluding carboxylic acids is 1. The predicted octanol–water partition coefficient (Wildman–Crippen LogP) is 6.26. The van der Waals surface area contributed by atoms with Gasteiger partial charge in [-0.3, -0.25) is 0 Å². The van der Waals surface area contributed by atoms with Crippen molar-refractivity contribution < 1.29 is 37.0 Å². The van der Waals surface area contributed by atoms with E-state index >= 15 is 0 Å². The molecule has 0 fully saturated rings. The van der Waals surface area contributed by atoms with Gasteiger partial charge >= 0.3 is 107 Å². The average Bonchev–Trinajstić information content (AvgIpc) is 2.50. The third-order valence-electron chi connectivity index (χ3n) is 4.10. The molecule has 0 saturated heterocycles. The van der Waals surface area contributed by atoms with Crippen LogP contribution in [0, 0.1) is 29.9 Å². The number of carbonyl (C=O) groups is 1. The zero-order valence-electron chi connectivity index (χ0n) is 14.1. The molecule has 2 nitrogen and oxygen atoms in total. The van der Waals surface area contributed by atoms with Crippen molar-refractivity contribution in [2.75, 3.05) is 0 Å². The molecule has 0 N–H and O–H groups in total. The monoisotopic (exact) mass is 521 g/mol. The molecule has 0 aliphatic carbocycles. The standard InChI is InChI=1S/C18H36O2.U/c1-2-3-4-5-6-7-8-9-10-11-12-13-14-15-16-17-18(19)20;/h2-17H2,1H3,(H,19,20);/q;+1/p-1. The van der Waals surface area contributed by atoms with Crippen molar-refractivity contribution in [3.63, 3.8) is 0 Å². The van der Waals surface area contributed by atoms with E-state index in [1.807, 2.05) is 0 Å². The Kier molecular flexibility index (Phi) is 19.0. The molecule has 0 unspecified atom stereocenters. The zero-order valence-corrected chi connectivity index (χ0v) is 18.3. The van der Waals surface area contributed by atoms with Crippen LogP contribution in [0.2, 0.25) is 0 Å². The molecule has 123 valence electrons. The van der Waals surface area contributed by atoms with Crippen molar-refractivity contribution >= 4 is 5.97 Å². The second kappa shape index (κ2) is 18.6. The molecule has 0 amide bonds. The third-order valence-corrected chi connectivity index (χ3v) is 5.05.